The Morgan fingerprint density at radius 3 is 2.92 bits per heavy atom. The van der Waals surface area contributed by atoms with Crippen LogP contribution in [0.15, 0.2) is 53.4 Å². The first-order valence-corrected chi connectivity index (χ1v) is 6.88. The fourth-order valence-corrected chi connectivity index (χ4v) is 1.93. The van der Waals surface area contributed by atoms with Crippen molar-refractivity contribution in [2.75, 3.05) is 7.11 Å². The van der Waals surface area contributed by atoms with Crippen LogP contribution in [0.1, 0.15) is 16.2 Å². The highest BCUT2D eigenvalue weighted by molar-refractivity contribution is 6.08. The number of ketones is 1. The van der Waals surface area contributed by atoms with Crippen molar-refractivity contribution in [2.24, 2.45) is 0 Å². The topological polar surface area (TPSA) is 110 Å². The highest BCUT2D eigenvalue weighted by Gasteiger charge is 2.17. The van der Waals surface area contributed by atoms with E-state index < -0.39 is 5.78 Å². The highest BCUT2D eigenvalue weighted by Crippen LogP contribution is 2.29. The molecule has 2 heterocycles. The van der Waals surface area contributed by atoms with Gasteiger partial charge >= 0.3 is 5.95 Å². The molecular formula is C16H13N3O5. The van der Waals surface area contributed by atoms with Gasteiger partial charge in [-0.05, 0) is 18.2 Å². The molecule has 0 saturated carbocycles. The van der Waals surface area contributed by atoms with Crippen LogP contribution >= 0.6 is 0 Å². The molecule has 1 aromatic carbocycles. The number of allylic oxidation sites excluding steroid dienone is 1. The quantitative estimate of drug-likeness (QED) is 0.407. The van der Waals surface area contributed by atoms with Crippen molar-refractivity contribution in [3.8, 4) is 17.4 Å². The molecule has 24 heavy (non-hydrogen) atoms. The van der Waals surface area contributed by atoms with Crippen LogP contribution in [0.25, 0.3) is 5.76 Å². The molecule has 2 N–H and O–H groups in total. The second-order valence-electron chi connectivity index (χ2n) is 4.62. The number of nitrogens with one attached hydrogen (secondary N) is 1. The molecule has 8 nitrogen and oxygen atoms in total. The number of carbonyl (C=O) groups excluding carboxylic acids is 1. The molecule has 0 radical (unpaired) electrons. The summed E-state index contributed by atoms with van der Waals surface area (Å²) in [6, 6.07) is 8.30. The lowest BCUT2D eigenvalue weighted by Gasteiger charge is -2.05. The second kappa shape index (κ2) is 6.69. The Bertz CT molecular complexity index is 867. The largest absolute Gasteiger partial charge is 0.504 e. The van der Waals surface area contributed by atoms with E-state index in [-0.39, 0.29) is 23.1 Å². The third kappa shape index (κ3) is 3.27. The average Bonchev–Trinajstić information content (AvgIpc) is 3.26. The molecule has 0 aliphatic carbocycles. The van der Waals surface area contributed by atoms with Crippen LogP contribution in [-0.2, 0) is 0 Å². The number of aromatic amines is 1. The maximum Gasteiger partial charge on any atom is 0.301 e. The summed E-state index contributed by atoms with van der Waals surface area (Å²) in [4.78, 5) is 16.0. The van der Waals surface area contributed by atoms with E-state index in [9.17, 15) is 9.90 Å². The van der Waals surface area contributed by atoms with Crippen LogP contribution in [-0.4, -0.2) is 33.2 Å². The zero-order valence-corrected chi connectivity index (χ0v) is 12.6. The lowest BCUT2D eigenvalue weighted by Crippen LogP contribution is -1.98. The third-order valence-corrected chi connectivity index (χ3v) is 3.06. The van der Waals surface area contributed by atoms with Gasteiger partial charge in [-0.3, -0.25) is 9.89 Å². The van der Waals surface area contributed by atoms with Gasteiger partial charge in [0.25, 0.3) is 0 Å². The summed E-state index contributed by atoms with van der Waals surface area (Å²) < 4.78 is 15.9. The van der Waals surface area contributed by atoms with Gasteiger partial charge in [-0.15, -0.1) is 0 Å². The zero-order valence-electron chi connectivity index (χ0n) is 12.6. The van der Waals surface area contributed by atoms with Crippen molar-refractivity contribution < 1.29 is 23.8 Å². The summed E-state index contributed by atoms with van der Waals surface area (Å²) in [6.45, 7) is 0. The maximum atomic E-state index is 12.3. The van der Waals surface area contributed by atoms with E-state index in [0.717, 1.165) is 6.08 Å². The van der Waals surface area contributed by atoms with Gasteiger partial charge in [0.15, 0.2) is 11.5 Å². The van der Waals surface area contributed by atoms with Gasteiger partial charge in [0.05, 0.1) is 13.4 Å². The number of aromatic nitrogens is 3. The molecular weight excluding hydrogens is 314 g/mol. The Hall–Kier alpha value is -3.55. The number of furan rings is 1. The minimum Gasteiger partial charge on any atom is -0.504 e. The SMILES string of the molecule is COc1cccc(Oc2occc2C(=O)C=C(O)c2nc[nH]n2)c1. The van der Waals surface area contributed by atoms with E-state index in [0.29, 0.717) is 11.5 Å². The first-order valence-electron chi connectivity index (χ1n) is 6.88. The fraction of sp³-hybridized carbons (Fsp3) is 0.0625. The molecule has 0 spiro atoms. The molecule has 2 aromatic heterocycles. The molecule has 0 saturated heterocycles. The first-order chi connectivity index (χ1) is 11.7. The van der Waals surface area contributed by atoms with Crippen LogP contribution in [0.3, 0.4) is 0 Å². The number of rotatable bonds is 6. The Morgan fingerprint density at radius 2 is 2.17 bits per heavy atom. The number of ether oxygens (including phenoxy) is 2. The molecule has 0 bridgehead atoms. The molecule has 0 fully saturated rings. The number of carbonyl (C=O) groups is 1. The fourth-order valence-electron chi connectivity index (χ4n) is 1.93. The molecule has 0 amide bonds. The van der Waals surface area contributed by atoms with E-state index >= 15 is 0 Å². The van der Waals surface area contributed by atoms with E-state index in [4.69, 9.17) is 13.9 Å². The van der Waals surface area contributed by atoms with Gasteiger partial charge < -0.3 is 19.0 Å². The minimum atomic E-state index is -0.510. The van der Waals surface area contributed by atoms with Crippen LogP contribution in [0.2, 0.25) is 0 Å². The van der Waals surface area contributed by atoms with Crippen LogP contribution < -0.4 is 9.47 Å². The lowest BCUT2D eigenvalue weighted by atomic mass is 10.2. The predicted octanol–water partition coefficient (Wildman–Crippen LogP) is 2.98. The standard InChI is InChI=1S/C16H13N3O5/c1-22-10-3-2-4-11(7-10)24-16-12(5-6-23-16)13(20)8-14(21)15-17-9-18-19-15/h2-9,21H,1H3,(H,17,18,19). The number of hydrogen-bond donors (Lipinski definition) is 2. The monoisotopic (exact) mass is 327 g/mol. The predicted molar refractivity (Wildman–Crippen MR) is 83.1 cm³/mol. The molecule has 0 aliphatic rings. The number of aliphatic hydroxyl groups excluding tert-OH is 1. The number of methoxy groups -OCH3 is 1. The van der Waals surface area contributed by atoms with Crippen LogP contribution in [0, 0.1) is 0 Å². The number of nitrogens with zero attached hydrogens (tertiary/aromatic N) is 2. The van der Waals surface area contributed by atoms with Crippen molar-refractivity contribution in [2.45, 2.75) is 0 Å². The van der Waals surface area contributed by atoms with Gasteiger partial charge in [-0.25, -0.2) is 4.98 Å². The summed E-state index contributed by atoms with van der Waals surface area (Å²) in [5, 5.41) is 16.0. The van der Waals surface area contributed by atoms with Crippen molar-refractivity contribution in [3.63, 3.8) is 0 Å². The molecule has 122 valence electrons. The summed E-state index contributed by atoms with van der Waals surface area (Å²) in [6.07, 6.45) is 3.60. The molecule has 0 atom stereocenters. The molecule has 0 unspecified atom stereocenters. The highest BCUT2D eigenvalue weighted by atomic mass is 16.6. The first kappa shape index (κ1) is 15.3. The normalized spacial score (nSPS) is 11.3. The van der Waals surface area contributed by atoms with Gasteiger partial charge in [0.2, 0.25) is 5.82 Å². The van der Waals surface area contributed by atoms with Crippen molar-refractivity contribution in [3.05, 3.63) is 60.4 Å². The second-order valence-corrected chi connectivity index (χ2v) is 4.62. The molecule has 3 aromatic rings. The Labute approximate surface area is 136 Å². The maximum absolute atomic E-state index is 12.3. The number of benzene rings is 1. The number of hydrogen-bond acceptors (Lipinski definition) is 7. The van der Waals surface area contributed by atoms with E-state index in [1.165, 1.54) is 25.8 Å². The number of H-pyrrole nitrogens is 1. The summed E-state index contributed by atoms with van der Waals surface area (Å²) in [5.74, 6) is 0.197. The van der Waals surface area contributed by atoms with Crippen LogP contribution in [0.5, 0.6) is 17.4 Å². The van der Waals surface area contributed by atoms with Crippen LogP contribution in [0.4, 0.5) is 0 Å². The van der Waals surface area contributed by atoms with Gasteiger partial charge in [0.1, 0.15) is 23.4 Å². The summed E-state index contributed by atoms with van der Waals surface area (Å²) >= 11 is 0. The van der Waals surface area contributed by atoms with Gasteiger partial charge in [0, 0.05) is 12.1 Å². The van der Waals surface area contributed by atoms with E-state index in [1.54, 1.807) is 24.3 Å². The zero-order chi connectivity index (χ0) is 16.9. The van der Waals surface area contributed by atoms with Gasteiger partial charge in [-0.1, -0.05) is 6.07 Å². The third-order valence-electron chi connectivity index (χ3n) is 3.06. The molecule has 3 rings (SSSR count). The molecule has 0 aliphatic heterocycles. The van der Waals surface area contributed by atoms with Gasteiger partial charge in [-0.2, -0.15) is 5.10 Å². The van der Waals surface area contributed by atoms with Crippen molar-refractivity contribution in [1.82, 2.24) is 15.2 Å². The Balaban J connectivity index is 1.82. The lowest BCUT2D eigenvalue weighted by molar-refractivity contribution is 0.104. The molecule has 8 heteroatoms. The number of aliphatic hydroxyl groups is 1. The summed E-state index contributed by atoms with van der Waals surface area (Å²) in [7, 11) is 1.54. The average molecular weight is 327 g/mol. The van der Waals surface area contributed by atoms with Crippen molar-refractivity contribution >= 4 is 11.5 Å². The Morgan fingerprint density at radius 1 is 1.33 bits per heavy atom. The van der Waals surface area contributed by atoms with E-state index in [1.807, 2.05) is 0 Å². The van der Waals surface area contributed by atoms with Crippen molar-refractivity contribution in [1.29, 1.82) is 0 Å². The van der Waals surface area contributed by atoms with E-state index in [2.05, 4.69) is 15.2 Å². The Kier molecular flexibility index (Phi) is 4.28. The smallest absolute Gasteiger partial charge is 0.301 e. The summed E-state index contributed by atoms with van der Waals surface area (Å²) in [5.41, 5.74) is 0.153. The minimum absolute atomic E-state index is 0.00675.